The van der Waals surface area contributed by atoms with Crippen LogP contribution in [0.1, 0.15) is 76.8 Å². The van der Waals surface area contributed by atoms with Crippen LogP contribution in [-0.2, 0) is 22.7 Å². The Labute approximate surface area is 234 Å². The highest BCUT2D eigenvalue weighted by atomic mass is 16.5. The van der Waals surface area contributed by atoms with Crippen LogP contribution in [-0.4, -0.2) is 76.7 Å². The summed E-state index contributed by atoms with van der Waals surface area (Å²) in [6, 6.07) is 13.2. The van der Waals surface area contributed by atoms with Gasteiger partial charge < -0.3 is 14.5 Å². The van der Waals surface area contributed by atoms with E-state index in [1.54, 1.807) is 11.0 Å². The standard InChI is InChI=1S/C31H36N4O5/c36-28-13-12-27(29(37)32-28)35-19-23-17-25(10-11-26(23)31(35)39)40-20-24-5-1-2-16-34(24)18-21-6-8-22(9-7-21)30(38)33-14-3-4-15-33/h6-11,17,24,27H,1-5,12-16,18-20H2,(H,32,36,37)/t24-,27?/m1/s1. The van der Waals surface area contributed by atoms with Crippen molar-refractivity contribution >= 4 is 23.6 Å². The van der Waals surface area contributed by atoms with E-state index in [1.165, 1.54) is 5.56 Å². The summed E-state index contributed by atoms with van der Waals surface area (Å²) in [4.78, 5) is 55.5. The van der Waals surface area contributed by atoms with Gasteiger partial charge in [0.2, 0.25) is 11.8 Å². The van der Waals surface area contributed by atoms with Crippen LogP contribution in [0.5, 0.6) is 5.75 Å². The number of imide groups is 1. The average molecular weight is 545 g/mol. The van der Waals surface area contributed by atoms with Crippen molar-refractivity contribution in [3.05, 3.63) is 64.7 Å². The van der Waals surface area contributed by atoms with Gasteiger partial charge in [0.25, 0.3) is 11.8 Å². The van der Waals surface area contributed by atoms with E-state index in [0.29, 0.717) is 30.9 Å². The Bertz CT molecular complexity index is 1300. The van der Waals surface area contributed by atoms with E-state index in [1.807, 2.05) is 29.2 Å². The molecule has 0 aromatic heterocycles. The van der Waals surface area contributed by atoms with E-state index in [0.717, 1.165) is 69.4 Å². The van der Waals surface area contributed by atoms with Gasteiger partial charge in [-0.15, -0.1) is 0 Å². The summed E-state index contributed by atoms with van der Waals surface area (Å²) in [6.45, 7) is 4.41. The summed E-state index contributed by atoms with van der Waals surface area (Å²) in [7, 11) is 0. The van der Waals surface area contributed by atoms with Crippen LogP contribution in [0.2, 0.25) is 0 Å². The van der Waals surface area contributed by atoms with E-state index < -0.39 is 11.9 Å². The normalized spacial score (nSPS) is 23.4. The van der Waals surface area contributed by atoms with Gasteiger partial charge in [-0.05, 0) is 80.1 Å². The number of ether oxygens (including phenoxy) is 1. The molecule has 6 rings (SSSR count). The van der Waals surface area contributed by atoms with Crippen LogP contribution in [0, 0.1) is 0 Å². The summed E-state index contributed by atoms with van der Waals surface area (Å²) in [5, 5.41) is 2.34. The zero-order valence-corrected chi connectivity index (χ0v) is 22.8. The van der Waals surface area contributed by atoms with Crippen molar-refractivity contribution in [2.45, 2.75) is 70.1 Å². The second-order valence-electron chi connectivity index (χ2n) is 11.3. The van der Waals surface area contributed by atoms with Crippen molar-refractivity contribution in [3.8, 4) is 5.75 Å². The second kappa shape index (κ2) is 11.4. The minimum absolute atomic E-state index is 0.129. The first-order valence-corrected chi connectivity index (χ1v) is 14.5. The van der Waals surface area contributed by atoms with Crippen LogP contribution in [0.25, 0.3) is 0 Å². The van der Waals surface area contributed by atoms with Crippen molar-refractivity contribution in [2.75, 3.05) is 26.2 Å². The minimum atomic E-state index is -0.620. The summed E-state index contributed by atoms with van der Waals surface area (Å²) >= 11 is 0. The van der Waals surface area contributed by atoms with E-state index >= 15 is 0 Å². The van der Waals surface area contributed by atoms with E-state index in [2.05, 4.69) is 22.3 Å². The van der Waals surface area contributed by atoms with Crippen molar-refractivity contribution < 1.29 is 23.9 Å². The average Bonchev–Trinajstić information content (AvgIpc) is 3.61. The number of nitrogens with zero attached hydrogens (tertiary/aromatic N) is 3. The number of piperidine rings is 2. The molecule has 4 amide bonds. The molecule has 40 heavy (non-hydrogen) atoms. The topological polar surface area (TPSA) is 99.3 Å². The van der Waals surface area contributed by atoms with Crippen molar-refractivity contribution in [3.63, 3.8) is 0 Å². The maximum Gasteiger partial charge on any atom is 0.255 e. The molecule has 9 nitrogen and oxygen atoms in total. The Morgan fingerprint density at radius 2 is 1.70 bits per heavy atom. The monoisotopic (exact) mass is 544 g/mol. The number of rotatable bonds is 7. The first kappa shape index (κ1) is 26.5. The molecular weight excluding hydrogens is 508 g/mol. The van der Waals surface area contributed by atoms with Gasteiger partial charge in [-0.3, -0.25) is 29.4 Å². The second-order valence-corrected chi connectivity index (χ2v) is 11.3. The van der Waals surface area contributed by atoms with Gasteiger partial charge in [-0.1, -0.05) is 18.6 Å². The van der Waals surface area contributed by atoms with Gasteiger partial charge in [0.15, 0.2) is 0 Å². The molecule has 2 atom stereocenters. The number of nitrogens with one attached hydrogen (secondary N) is 1. The number of likely N-dealkylation sites (tertiary alicyclic amines) is 2. The Balaban J connectivity index is 1.06. The molecule has 0 radical (unpaired) electrons. The minimum Gasteiger partial charge on any atom is -0.492 e. The predicted molar refractivity (Wildman–Crippen MR) is 148 cm³/mol. The fourth-order valence-corrected chi connectivity index (χ4v) is 6.38. The Hall–Kier alpha value is -3.72. The molecule has 210 valence electrons. The van der Waals surface area contributed by atoms with Crippen molar-refractivity contribution in [1.29, 1.82) is 0 Å². The Morgan fingerprint density at radius 1 is 0.925 bits per heavy atom. The maximum absolute atomic E-state index is 13.0. The van der Waals surface area contributed by atoms with Crippen LogP contribution >= 0.6 is 0 Å². The Kier molecular flexibility index (Phi) is 7.56. The van der Waals surface area contributed by atoms with Crippen LogP contribution in [0.15, 0.2) is 42.5 Å². The van der Waals surface area contributed by atoms with Crippen molar-refractivity contribution in [2.24, 2.45) is 0 Å². The van der Waals surface area contributed by atoms with Gasteiger partial charge in [-0.25, -0.2) is 0 Å². The number of carbonyl (C=O) groups is 4. The molecule has 1 N–H and O–H groups in total. The summed E-state index contributed by atoms with van der Waals surface area (Å²) in [5.74, 6) is -0.0270. The molecule has 2 aromatic rings. The number of benzene rings is 2. The summed E-state index contributed by atoms with van der Waals surface area (Å²) in [5.41, 5.74) is 3.38. The van der Waals surface area contributed by atoms with Gasteiger partial charge in [-0.2, -0.15) is 0 Å². The van der Waals surface area contributed by atoms with Gasteiger partial charge in [0, 0.05) is 49.8 Å². The first-order chi connectivity index (χ1) is 19.5. The largest absolute Gasteiger partial charge is 0.492 e. The third-order valence-corrected chi connectivity index (χ3v) is 8.67. The highest BCUT2D eigenvalue weighted by Gasteiger charge is 2.39. The predicted octanol–water partition coefficient (Wildman–Crippen LogP) is 3.12. The molecule has 1 unspecified atom stereocenters. The zero-order chi connectivity index (χ0) is 27.6. The third kappa shape index (κ3) is 5.47. The molecule has 0 saturated carbocycles. The maximum atomic E-state index is 13.0. The molecule has 9 heteroatoms. The Morgan fingerprint density at radius 3 is 2.48 bits per heavy atom. The summed E-state index contributed by atoms with van der Waals surface area (Å²) in [6.07, 6.45) is 6.14. The van der Waals surface area contributed by atoms with Gasteiger partial charge in [0.05, 0.1) is 0 Å². The lowest BCUT2D eigenvalue weighted by Gasteiger charge is -2.35. The molecule has 4 heterocycles. The molecular formula is C31H36N4O5. The molecule has 4 aliphatic heterocycles. The third-order valence-electron chi connectivity index (χ3n) is 8.67. The van der Waals surface area contributed by atoms with Gasteiger partial charge >= 0.3 is 0 Å². The van der Waals surface area contributed by atoms with E-state index in [4.69, 9.17) is 4.74 Å². The highest BCUT2D eigenvalue weighted by molar-refractivity contribution is 6.05. The number of hydrogen-bond acceptors (Lipinski definition) is 6. The van der Waals surface area contributed by atoms with Gasteiger partial charge in [0.1, 0.15) is 18.4 Å². The molecule has 0 spiro atoms. The zero-order valence-electron chi connectivity index (χ0n) is 22.8. The lowest BCUT2D eigenvalue weighted by Crippen LogP contribution is -2.52. The lowest BCUT2D eigenvalue weighted by molar-refractivity contribution is -0.136. The first-order valence-electron chi connectivity index (χ1n) is 14.5. The number of hydrogen-bond donors (Lipinski definition) is 1. The fraction of sp³-hybridized carbons (Fsp3) is 0.484. The van der Waals surface area contributed by atoms with E-state index in [-0.39, 0.29) is 30.2 Å². The molecule has 0 aliphatic carbocycles. The van der Waals surface area contributed by atoms with Crippen molar-refractivity contribution in [1.82, 2.24) is 20.0 Å². The molecule has 3 fully saturated rings. The molecule has 2 aromatic carbocycles. The lowest BCUT2D eigenvalue weighted by atomic mass is 10.0. The summed E-state index contributed by atoms with van der Waals surface area (Å²) < 4.78 is 6.25. The smallest absolute Gasteiger partial charge is 0.255 e. The molecule has 0 bridgehead atoms. The van der Waals surface area contributed by atoms with Crippen LogP contribution in [0.3, 0.4) is 0 Å². The SMILES string of the molecule is O=C1CCC(N2Cc3cc(OC[C@H]4CCCCN4Cc4ccc(C(=O)N5CCCC5)cc4)ccc3C2=O)C(=O)N1. The number of amides is 4. The van der Waals surface area contributed by atoms with E-state index in [9.17, 15) is 19.2 Å². The van der Waals surface area contributed by atoms with Crippen LogP contribution < -0.4 is 10.1 Å². The quantitative estimate of drug-likeness (QED) is 0.538. The molecule has 3 saturated heterocycles. The van der Waals surface area contributed by atoms with Crippen LogP contribution in [0.4, 0.5) is 0 Å². The highest BCUT2D eigenvalue weighted by Crippen LogP contribution is 2.31. The molecule has 4 aliphatic rings. The fourth-order valence-electron chi connectivity index (χ4n) is 6.38. The number of carbonyl (C=O) groups excluding carboxylic acids is 4. The number of fused-ring (bicyclic) bond motifs is 1.